The molecule has 1 aromatic rings. The molecule has 1 rings (SSSR count). The smallest absolute Gasteiger partial charge is 0.141 e. The third kappa shape index (κ3) is 5.36. The fraction of sp³-hybridized carbons (Fsp3) is 0.600. The van der Waals surface area contributed by atoms with Crippen LogP contribution in [0.5, 0.6) is 0 Å². The molecule has 102 valence electrons. The number of halogens is 2. The number of benzene rings is 1. The van der Waals surface area contributed by atoms with Gasteiger partial charge in [-0.05, 0) is 42.0 Å². The van der Waals surface area contributed by atoms with E-state index < -0.39 is 0 Å². The Bertz CT molecular complexity index is 388. The molecule has 0 radical (unpaired) electrons. The van der Waals surface area contributed by atoms with Gasteiger partial charge in [-0.3, -0.25) is 0 Å². The Balaban J connectivity index is 2.55. The zero-order valence-electron chi connectivity index (χ0n) is 11.7. The van der Waals surface area contributed by atoms with E-state index in [1.165, 1.54) is 6.07 Å². The van der Waals surface area contributed by atoms with Gasteiger partial charge in [0, 0.05) is 6.54 Å². The summed E-state index contributed by atoms with van der Waals surface area (Å²) in [7, 11) is 0. The molecule has 0 aliphatic rings. The lowest BCUT2D eigenvalue weighted by atomic mass is 9.85. The van der Waals surface area contributed by atoms with E-state index in [-0.39, 0.29) is 16.3 Å². The summed E-state index contributed by atoms with van der Waals surface area (Å²) in [6, 6.07) is 4.97. The van der Waals surface area contributed by atoms with Gasteiger partial charge in [-0.1, -0.05) is 45.4 Å². The van der Waals surface area contributed by atoms with Crippen LogP contribution in [0.3, 0.4) is 0 Å². The van der Waals surface area contributed by atoms with Crippen LogP contribution in [0.15, 0.2) is 18.2 Å². The highest BCUT2D eigenvalue weighted by atomic mass is 35.5. The van der Waals surface area contributed by atoms with Crippen LogP contribution in [0, 0.1) is 17.2 Å². The molecule has 0 atom stereocenters. The highest BCUT2D eigenvalue weighted by Gasteiger charge is 2.18. The average molecular weight is 272 g/mol. The van der Waals surface area contributed by atoms with Gasteiger partial charge in [0.25, 0.3) is 0 Å². The van der Waals surface area contributed by atoms with E-state index in [0.29, 0.717) is 5.92 Å². The van der Waals surface area contributed by atoms with Gasteiger partial charge >= 0.3 is 0 Å². The Labute approximate surface area is 115 Å². The summed E-state index contributed by atoms with van der Waals surface area (Å²) in [6.45, 7) is 10.8. The number of rotatable bonds is 6. The summed E-state index contributed by atoms with van der Waals surface area (Å²) in [5, 5.41) is 3.67. The van der Waals surface area contributed by atoms with Crippen LogP contribution in [-0.2, 0) is 6.42 Å². The van der Waals surface area contributed by atoms with Crippen molar-refractivity contribution in [1.29, 1.82) is 0 Å². The summed E-state index contributed by atoms with van der Waals surface area (Å²) in [5.74, 6) is 0.303. The first-order chi connectivity index (χ1) is 8.30. The van der Waals surface area contributed by atoms with Gasteiger partial charge in [-0.25, -0.2) is 4.39 Å². The second kappa shape index (κ2) is 6.53. The molecule has 1 N–H and O–H groups in total. The van der Waals surface area contributed by atoms with Crippen molar-refractivity contribution >= 4 is 11.6 Å². The fourth-order valence-electron chi connectivity index (χ4n) is 1.96. The number of hydrogen-bond donors (Lipinski definition) is 1. The molecule has 3 heteroatoms. The van der Waals surface area contributed by atoms with Crippen LogP contribution in [0.1, 0.15) is 33.3 Å². The Morgan fingerprint density at radius 2 is 2.00 bits per heavy atom. The molecule has 0 unspecified atom stereocenters. The van der Waals surface area contributed by atoms with Crippen molar-refractivity contribution in [3.63, 3.8) is 0 Å². The highest BCUT2D eigenvalue weighted by molar-refractivity contribution is 6.30. The molecule has 18 heavy (non-hydrogen) atoms. The summed E-state index contributed by atoms with van der Waals surface area (Å²) in [4.78, 5) is 0. The van der Waals surface area contributed by atoms with Crippen molar-refractivity contribution in [2.24, 2.45) is 11.3 Å². The van der Waals surface area contributed by atoms with Crippen LogP contribution >= 0.6 is 11.6 Å². The lowest BCUT2D eigenvalue weighted by molar-refractivity contribution is 0.330. The van der Waals surface area contributed by atoms with Crippen molar-refractivity contribution in [2.45, 2.75) is 34.1 Å². The van der Waals surface area contributed by atoms with Crippen molar-refractivity contribution in [2.75, 3.05) is 13.1 Å². The van der Waals surface area contributed by atoms with E-state index in [1.807, 2.05) is 6.07 Å². The topological polar surface area (TPSA) is 12.0 Å². The van der Waals surface area contributed by atoms with E-state index in [0.717, 1.165) is 25.1 Å². The lowest BCUT2D eigenvalue weighted by Gasteiger charge is -2.26. The summed E-state index contributed by atoms with van der Waals surface area (Å²) in [5.41, 5.74) is 1.22. The fourth-order valence-corrected chi connectivity index (χ4v) is 2.17. The van der Waals surface area contributed by atoms with Crippen LogP contribution in [-0.4, -0.2) is 13.1 Å². The first kappa shape index (κ1) is 15.5. The normalized spacial score (nSPS) is 12.2. The predicted octanol–water partition coefficient (Wildman–Crippen LogP) is 4.29. The van der Waals surface area contributed by atoms with Gasteiger partial charge < -0.3 is 5.32 Å². The first-order valence-corrected chi connectivity index (χ1v) is 6.82. The molecule has 0 saturated carbocycles. The lowest BCUT2D eigenvalue weighted by Crippen LogP contribution is -2.33. The summed E-state index contributed by atoms with van der Waals surface area (Å²) >= 11 is 5.80. The Kier molecular flexibility index (Phi) is 5.61. The van der Waals surface area contributed by atoms with Gasteiger partial charge in [0.05, 0.1) is 5.02 Å². The van der Waals surface area contributed by atoms with Gasteiger partial charge in [0.2, 0.25) is 0 Å². The maximum atomic E-state index is 13.1. The molecule has 0 aromatic heterocycles. The van der Waals surface area contributed by atoms with Gasteiger partial charge in [0.15, 0.2) is 0 Å². The van der Waals surface area contributed by atoms with Crippen molar-refractivity contribution < 1.29 is 4.39 Å². The van der Waals surface area contributed by atoms with Crippen molar-refractivity contribution in [3.05, 3.63) is 34.6 Å². The van der Waals surface area contributed by atoms with Crippen LogP contribution in [0.4, 0.5) is 4.39 Å². The second-order valence-electron chi connectivity index (χ2n) is 6.11. The van der Waals surface area contributed by atoms with Gasteiger partial charge in [-0.2, -0.15) is 0 Å². The largest absolute Gasteiger partial charge is 0.316 e. The van der Waals surface area contributed by atoms with E-state index in [1.54, 1.807) is 6.07 Å². The zero-order chi connectivity index (χ0) is 13.8. The third-order valence-electron chi connectivity index (χ3n) is 2.82. The van der Waals surface area contributed by atoms with Gasteiger partial charge in [-0.15, -0.1) is 0 Å². The minimum absolute atomic E-state index is 0.135. The molecule has 0 heterocycles. The molecular weight excluding hydrogens is 249 g/mol. The Morgan fingerprint density at radius 1 is 1.33 bits per heavy atom. The molecule has 0 aliphatic heterocycles. The standard InChI is InChI=1S/C15H23ClFN/c1-11(2)9-18-10-15(3,4)8-12-5-6-14(17)13(16)7-12/h5-7,11,18H,8-10H2,1-4H3. The monoisotopic (exact) mass is 271 g/mol. The van der Waals surface area contributed by atoms with E-state index in [4.69, 9.17) is 11.6 Å². The van der Waals surface area contributed by atoms with Crippen molar-refractivity contribution in [3.8, 4) is 0 Å². The van der Waals surface area contributed by atoms with Crippen LogP contribution in [0.25, 0.3) is 0 Å². The molecular formula is C15H23ClFN. The summed E-state index contributed by atoms with van der Waals surface area (Å²) in [6.07, 6.45) is 0.887. The van der Waals surface area contributed by atoms with E-state index in [2.05, 4.69) is 33.0 Å². The molecule has 0 fully saturated rings. The molecule has 1 nitrogen and oxygen atoms in total. The predicted molar refractivity (Wildman–Crippen MR) is 76.6 cm³/mol. The molecule has 0 bridgehead atoms. The molecule has 0 amide bonds. The number of hydrogen-bond acceptors (Lipinski definition) is 1. The van der Waals surface area contributed by atoms with Gasteiger partial charge in [0.1, 0.15) is 5.82 Å². The molecule has 0 saturated heterocycles. The SMILES string of the molecule is CC(C)CNCC(C)(C)Cc1ccc(F)c(Cl)c1. The van der Waals surface area contributed by atoms with E-state index in [9.17, 15) is 4.39 Å². The zero-order valence-corrected chi connectivity index (χ0v) is 12.4. The van der Waals surface area contributed by atoms with Crippen molar-refractivity contribution in [1.82, 2.24) is 5.32 Å². The molecule has 0 spiro atoms. The third-order valence-corrected chi connectivity index (χ3v) is 3.11. The summed E-state index contributed by atoms with van der Waals surface area (Å²) < 4.78 is 13.1. The van der Waals surface area contributed by atoms with Crippen LogP contribution < -0.4 is 5.32 Å². The Hall–Kier alpha value is -0.600. The number of nitrogens with one attached hydrogen (secondary N) is 1. The molecule has 1 aromatic carbocycles. The maximum absolute atomic E-state index is 13.1. The van der Waals surface area contributed by atoms with E-state index >= 15 is 0 Å². The molecule has 0 aliphatic carbocycles. The minimum Gasteiger partial charge on any atom is -0.316 e. The second-order valence-corrected chi connectivity index (χ2v) is 6.52. The first-order valence-electron chi connectivity index (χ1n) is 6.45. The highest BCUT2D eigenvalue weighted by Crippen LogP contribution is 2.24. The van der Waals surface area contributed by atoms with Crippen LogP contribution in [0.2, 0.25) is 5.02 Å². The quantitative estimate of drug-likeness (QED) is 0.814. The minimum atomic E-state index is -0.351. The Morgan fingerprint density at radius 3 is 2.56 bits per heavy atom. The maximum Gasteiger partial charge on any atom is 0.141 e. The average Bonchev–Trinajstić information content (AvgIpc) is 2.22.